The second kappa shape index (κ2) is 6.82. The third kappa shape index (κ3) is 3.53. The third-order valence-corrected chi connectivity index (χ3v) is 3.54. The molecule has 0 spiro atoms. The van der Waals surface area contributed by atoms with E-state index in [0.717, 1.165) is 25.0 Å². The summed E-state index contributed by atoms with van der Waals surface area (Å²) in [5, 5.41) is 6.24. The number of benzene rings is 1. The number of aromatic nitrogens is 2. The minimum absolute atomic E-state index is 0.00172. The molecule has 8 heteroatoms. The highest BCUT2D eigenvalue weighted by molar-refractivity contribution is 5.80. The average Bonchev–Trinajstić information content (AvgIpc) is 3.02. The first-order valence-corrected chi connectivity index (χ1v) is 7.31. The van der Waals surface area contributed by atoms with E-state index in [1.165, 1.54) is 6.07 Å². The maximum absolute atomic E-state index is 13.6. The minimum atomic E-state index is -0.792. The van der Waals surface area contributed by atoms with Crippen LogP contribution in [0.2, 0.25) is 0 Å². The zero-order valence-electron chi connectivity index (χ0n) is 12.2. The highest BCUT2D eigenvalue weighted by Crippen LogP contribution is 2.24. The normalized spacial score (nSPS) is 17.9. The quantitative estimate of drug-likeness (QED) is 0.933. The number of hydrogen-bond acceptors (Lipinski definition) is 5. The Morgan fingerprint density at radius 2 is 2.09 bits per heavy atom. The molecule has 0 radical (unpaired) electrons. The fourth-order valence-corrected chi connectivity index (χ4v) is 2.36. The summed E-state index contributed by atoms with van der Waals surface area (Å²) in [6, 6.07) is 3.45. The molecule has 0 saturated carbocycles. The molecule has 1 aromatic carbocycles. The number of carbonyl (C=O) groups excluding carboxylic acids is 1. The van der Waals surface area contributed by atoms with E-state index >= 15 is 0 Å². The molecule has 1 amide bonds. The molecule has 1 aromatic heterocycles. The summed E-state index contributed by atoms with van der Waals surface area (Å²) in [6.07, 6.45) is 2.09. The van der Waals surface area contributed by atoms with Crippen LogP contribution in [0.1, 0.15) is 25.1 Å². The topological polar surface area (TPSA) is 77.3 Å². The lowest BCUT2D eigenvalue weighted by molar-refractivity contribution is -0.135. The predicted molar refractivity (Wildman–Crippen MR) is 75.1 cm³/mol. The number of nitrogens with one attached hydrogen (secondary N) is 1. The summed E-state index contributed by atoms with van der Waals surface area (Å²) < 4.78 is 37.5. The third-order valence-electron chi connectivity index (χ3n) is 3.54. The van der Waals surface area contributed by atoms with E-state index in [1.54, 1.807) is 0 Å². The number of nitrogens with zero attached hydrogens (tertiary/aromatic N) is 2. The van der Waals surface area contributed by atoms with Gasteiger partial charge in [-0.1, -0.05) is 11.2 Å². The smallest absolute Gasteiger partial charge is 0.263 e. The molecule has 0 bridgehead atoms. The van der Waals surface area contributed by atoms with Crippen LogP contribution in [0.5, 0.6) is 0 Å². The maximum atomic E-state index is 13.6. The van der Waals surface area contributed by atoms with Crippen LogP contribution in [-0.2, 0) is 16.1 Å². The molecule has 1 N–H and O–H groups in total. The molecule has 1 fully saturated rings. The Kier molecular flexibility index (Phi) is 4.61. The predicted octanol–water partition coefficient (Wildman–Crippen LogP) is 2.20. The molecule has 1 atom stereocenters. The van der Waals surface area contributed by atoms with Gasteiger partial charge in [0.1, 0.15) is 23.3 Å². The molecular weight excluding hydrogens is 308 g/mol. The highest BCUT2D eigenvalue weighted by atomic mass is 19.1. The molecule has 1 unspecified atom stereocenters. The Morgan fingerprint density at radius 3 is 2.78 bits per heavy atom. The Hall–Kier alpha value is -2.35. The van der Waals surface area contributed by atoms with Crippen LogP contribution in [-0.4, -0.2) is 28.8 Å². The van der Waals surface area contributed by atoms with E-state index in [9.17, 15) is 13.6 Å². The van der Waals surface area contributed by atoms with Gasteiger partial charge < -0.3 is 14.6 Å². The molecule has 2 aromatic rings. The van der Waals surface area contributed by atoms with Crippen LogP contribution < -0.4 is 5.32 Å². The van der Waals surface area contributed by atoms with E-state index in [0.29, 0.717) is 13.0 Å². The molecule has 2 heterocycles. The van der Waals surface area contributed by atoms with Gasteiger partial charge in [-0.15, -0.1) is 0 Å². The first-order valence-electron chi connectivity index (χ1n) is 7.31. The van der Waals surface area contributed by atoms with Gasteiger partial charge >= 0.3 is 0 Å². The van der Waals surface area contributed by atoms with E-state index in [4.69, 9.17) is 9.26 Å². The first-order chi connectivity index (χ1) is 11.1. The largest absolute Gasteiger partial charge is 0.368 e. The molecule has 23 heavy (non-hydrogen) atoms. The molecule has 1 saturated heterocycles. The lowest BCUT2D eigenvalue weighted by Gasteiger charge is -2.21. The van der Waals surface area contributed by atoms with E-state index in [1.807, 2.05) is 0 Å². The van der Waals surface area contributed by atoms with Gasteiger partial charge in [0.15, 0.2) is 5.82 Å². The van der Waals surface area contributed by atoms with Crippen LogP contribution in [0.25, 0.3) is 11.5 Å². The zero-order chi connectivity index (χ0) is 16.2. The number of hydrogen-bond donors (Lipinski definition) is 1. The van der Waals surface area contributed by atoms with Crippen molar-refractivity contribution in [1.29, 1.82) is 0 Å². The summed E-state index contributed by atoms with van der Waals surface area (Å²) in [7, 11) is 0. The lowest BCUT2D eigenvalue weighted by Crippen LogP contribution is -2.38. The van der Waals surface area contributed by atoms with E-state index < -0.39 is 17.7 Å². The van der Waals surface area contributed by atoms with E-state index in [-0.39, 0.29) is 29.7 Å². The fourth-order valence-electron chi connectivity index (χ4n) is 2.36. The first kappa shape index (κ1) is 15.5. The Morgan fingerprint density at radius 1 is 1.30 bits per heavy atom. The van der Waals surface area contributed by atoms with Gasteiger partial charge in [0.25, 0.3) is 5.89 Å². The molecule has 1 aliphatic heterocycles. The number of halogens is 2. The molecule has 0 aliphatic carbocycles. The zero-order valence-corrected chi connectivity index (χ0v) is 12.2. The van der Waals surface area contributed by atoms with Crippen molar-refractivity contribution in [2.24, 2.45) is 0 Å². The van der Waals surface area contributed by atoms with Gasteiger partial charge in [-0.2, -0.15) is 4.98 Å². The van der Waals surface area contributed by atoms with Crippen molar-refractivity contribution >= 4 is 5.91 Å². The van der Waals surface area contributed by atoms with Crippen LogP contribution in [0, 0.1) is 11.6 Å². The van der Waals surface area contributed by atoms with Gasteiger partial charge in [0.2, 0.25) is 5.91 Å². The average molecular weight is 323 g/mol. The molecular formula is C15H15F2N3O3. The van der Waals surface area contributed by atoms with Crippen molar-refractivity contribution in [2.45, 2.75) is 31.9 Å². The summed E-state index contributed by atoms with van der Waals surface area (Å²) in [5.41, 5.74) is -0.381. The van der Waals surface area contributed by atoms with Gasteiger partial charge in [-0.3, -0.25) is 4.79 Å². The summed E-state index contributed by atoms with van der Waals surface area (Å²) in [6.45, 7) is 0.565. The Balaban J connectivity index is 1.64. The summed E-state index contributed by atoms with van der Waals surface area (Å²) in [5.74, 6) is -1.97. The lowest BCUT2D eigenvalue weighted by atomic mass is 10.1. The fraction of sp³-hybridized carbons (Fsp3) is 0.400. The standard InChI is InChI=1S/C15H15F2N3O3/c16-9-4-3-5-10(17)13(9)15-19-12(20-23-15)8-18-14(21)11-6-1-2-7-22-11/h3-5,11H,1-2,6-8H2,(H,18,21). The highest BCUT2D eigenvalue weighted by Gasteiger charge is 2.23. The van der Waals surface area contributed by atoms with Gasteiger partial charge in [-0.25, -0.2) is 8.78 Å². The van der Waals surface area contributed by atoms with Crippen molar-refractivity contribution in [3.05, 3.63) is 35.7 Å². The monoisotopic (exact) mass is 323 g/mol. The minimum Gasteiger partial charge on any atom is -0.368 e. The van der Waals surface area contributed by atoms with E-state index in [2.05, 4.69) is 15.5 Å². The van der Waals surface area contributed by atoms with Crippen molar-refractivity contribution in [2.75, 3.05) is 6.61 Å². The van der Waals surface area contributed by atoms with Crippen LogP contribution >= 0.6 is 0 Å². The summed E-state index contributed by atoms with van der Waals surface area (Å²) >= 11 is 0. The van der Waals surface area contributed by atoms with Crippen molar-refractivity contribution < 1.29 is 22.8 Å². The van der Waals surface area contributed by atoms with Gasteiger partial charge in [-0.05, 0) is 31.4 Å². The maximum Gasteiger partial charge on any atom is 0.263 e. The Labute approximate surface area is 130 Å². The van der Waals surface area contributed by atoms with Crippen LogP contribution in [0.3, 0.4) is 0 Å². The summed E-state index contributed by atoms with van der Waals surface area (Å²) in [4.78, 5) is 15.8. The second-order valence-corrected chi connectivity index (χ2v) is 5.19. The van der Waals surface area contributed by atoms with Crippen LogP contribution in [0.4, 0.5) is 8.78 Å². The number of ether oxygens (including phenoxy) is 1. The van der Waals surface area contributed by atoms with Crippen molar-refractivity contribution in [3.63, 3.8) is 0 Å². The molecule has 3 rings (SSSR count). The number of amides is 1. The second-order valence-electron chi connectivity index (χ2n) is 5.19. The number of rotatable bonds is 4. The van der Waals surface area contributed by atoms with Crippen molar-refractivity contribution in [3.8, 4) is 11.5 Å². The van der Waals surface area contributed by atoms with Gasteiger partial charge in [0.05, 0.1) is 6.54 Å². The Bertz CT molecular complexity index is 679. The van der Waals surface area contributed by atoms with Crippen molar-refractivity contribution in [1.82, 2.24) is 15.5 Å². The SMILES string of the molecule is O=C(NCc1noc(-c2c(F)cccc2F)n1)C1CCCCO1. The van der Waals surface area contributed by atoms with Crippen LogP contribution in [0.15, 0.2) is 22.7 Å². The molecule has 122 valence electrons. The van der Waals surface area contributed by atoms with Gasteiger partial charge in [0, 0.05) is 6.61 Å². The molecule has 6 nitrogen and oxygen atoms in total. The molecule has 1 aliphatic rings. The number of carbonyl (C=O) groups is 1.